The second-order valence-electron chi connectivity index (χ2n) is 4.82. The highest BCUT2D eigenvalue weighted by atomic mass is 16.4. The van der Waals surface area contributed by atoms with Gasteiger partial charge in [0.25, 0.3) is 5.91 Å². The van der Waals surface area contributed by atoms with Crippen LogP contribution in [0.1, 0.15) is 53.3 Å². The molecule has 19 heavy (non-hydrogen) atoms. The molecule has 0 bridgehead atoms. The van der Waals surface area contributed by atoms with E-state index in [9.17, 15) is 9.59 Å². The van der Waals surface area contributed by atoms with Crippen molar-refractivity contribution < 1.29 is 14.7 Å². The number of carbonyl (C=O) groups excluding carboxylic acids is 1. The number of pyridine rings is 1. The molecular weight excluding hydrogens is 244 g/mol. The van der Waals surface area contributed by atoms with Gasteiger partial charge in [-0.05, 0) is 31.7 Å². The van der Waals surface area contributed by atoms with Crippen LogP contribution in [0.3, 0.4) is 0 Å². The van der Waals surface area contributed by atoms with E-state index >= 15 is 0 Å². The number of piperidine rings is 1. The van der Waals surface area contributed by atoms with Crippen molar-refractivity contribution in [2.75, 3.05) is 6.54 Å². The average molecular weight is 262 g/mol. The van der Waals surface area contributed by atoms with Crippen LogP contribution in [-0.4, -0.2) is 39.5 Å². The van der Waals surface area contributed by atoms with Crippen molar-refractivity contribution in [3.63, 3.8) is 0 Å². The van der Waals surface area contributed by atoms with Crippen LogP contribution in [-0.2, 0) is 0 Å². The molecule has 5 heteroatoms. The summed E-state index contributed by atoms with van der Waals surface area (Å²) in [5, 5.41) is 8.93. The third-order valence-electron chi connectivity index (χ3n) is 3.59. The first-order valence-electron chi connectivity index (χ1n) is 6.62. The predicted octanol–water partition coefficient (Wildman–Crippen LogP) is 2.18. The molecule has 0 spiro atoms. The summed E-state index contributed by atoms with van der Waals surface area (Å²) >= 11 is 0. The van der Waals surface area contributed by atoms with Crippen LogP contribution in [0.2, 0.25) is 0 Å². The maximum atomic E-state index is 12.4. The lowest BCUT2D eigenvalue weighted by atomic mass is 9.99. The van der Waals surface area contributed by atoms with E-state index in [-0.39, 0.29) is 17.5 Å². The Balaban J connectivity index is 2.22. The van der Waals surface area contributed by atoms with Gasteiger partial charge in [-0.3, -0.25) is 9.78 Å². The van der Waals surface area contributed by atoms with E-state index in [1.54, 1.807) is 0 Å². The number of aromatic nitrogens is 1. The summed E-state index contributed by atoms with van der Waals surface area (Å²) in [6, 6.07) is 1.66. The molecular formula is C14H18N2O3. The Labute approximate surface area is 112 Å². The molecule has 1 atom stereocenters. The molecule has 1 N–H and O–H groups in total. The number of hydrogen-bond donors (Lipinski definition) is 1. The number of aromatic carboxylic acids is 1. The van der Waals surface area contributed by atoms with Gasteiger partial charge in [0.2, 0.25) is 0 Å². The summed E-state index contributed by atoms with van der Waals surface area (Å²) in [6.07, 6.45) is 6.80. The molecule has 1 fully saturated rings. The van der Waals surface area contributed by atoms with Gasteiger partial charge >= 0.3 is 5.97 Å². The number of likely N-dealkylation sites (tertiary alicyclic amines) is 1. The molecule has 0 aliphatic carbocycles. The molecule has 1 aromatic heterocycles. The van der Waals surface area contributed by atoms with Crippen molar-refractivity contribution >= 4 is 11.9 Å². The van der Waals surface area contributed by atoms with Gasteiger partial charge in [0.05, 0.1) is 11.1 Å². The van der Waals surface area contributed by atoms with Crippen molar-refractivity contribution in [3.8, 4) is 0 Å². The number of carboxylic acids is 1. The normalized spacial score (nSPS) is 19.2. The molecule has 1 amide bonds. The number of rotatable bonds is 3. The quantitative estimate of drug-likeness (QED) is 0.906. The SMILES string of the molecule is CCC1CCCCN1C(=O)c1cncc(C(=O)O)c1. The highest BCUT2D eigenvalue weighted by Crippen LogP contribution is 2.21. The number of carboxylic acid groups (broad SMARTS) is 1. The van der Waals surface area contributed by atoms with Crippen LogP contribution in [0.4, 0.5) is 0 Å². The maximum Gasteiger partial charge on any atom is 0.337 e. The Morgan fingerprint density at radius 3 is 2.79 bits per heavy atom. The Morgan fingerprint density at radius 1 is 1.37 bits per heavy atom. The number of nitrogens with zero attached hydrogens (tertiary/aromatic N) is 2. The molecule has 102 valence electrons. The van der Waals surface area contributed by atoms with E-state index < -0.39 is 5.97 Å². The molecule has 2 rings (SSSR count). The standard InChI is InChI=1S/C14H18N2O3/c1-2-12-5-3-4-6-16(12)13(17)10-7-11(14(18)19)9-15-8-10/h7-9,12H,2-6H2,1H3,(H,18,19). The van der Waals surface area contributed by atoms with Gasteiger partial charge in [-0.15, -0.1) is 0 Å². The molecule has 5 nitrogen and oxygen atoms in total. The van der Waals surface area contributed by atoms with Crippen LogP contribution < -0.4 is 0 Å². The summed E-state index contributed by atoms with van der Waals surface area (Å²) < 4.78 is 0. The van der Waals surface area contributed by atoms with E-state index in [0.717, 1.165) is 32.2 Å². The smallest absolute Gasteiger partial charge is 0.337 e. The second-order valence-corrected chi connectivity index (χ2v) is 4.82. The van der Waals surface area contributed by atoms with Gasteiger partial charge in [-0.25, -0.2) is 4.79 Å². The lowest BCUT2D eigenvalue weighted by Crippen LogP contribution is -2.43. The van der Waals surface area contributed by atoms with Gasteiger partial charge in [0.1, 0.15) is 0 Å². The van der Waals surface area contributed by atoms with Crippen LogP contribution in [0, 0.1) is 0 Å². The zero-order chi connectivity index (χ0) is 13.8. The molecule has 0 aromatic carbocycles. The van der Waals surface area contributed by atoms with Crippen LogP contribution in [0.5, 0.6) is 0 Å². The van der Waals surface area contributed by atoms with Gasteiger partial charge in [0, 0.05) is 25.0 Å². The largest absolute Gasteiger partial charge is 0.478 e. The highest BCUT2D eigenvalue weighted by Gasteiger charge is 2.26. The Kier molecular flexibility index (Phi) is 4.14. The number of amides is 1. The minimum Gasteiger partial charge on any atom is -0.478 e. The zero-order valence-electron chi connectivity index (χ0n) is 11.0. The van der Waals surface area contributed by atoms with E-state index in [4.69, 9.17) is 5.11 Å². The fourth-order valence-corrected chi connectivity index (χ4v) is 2.53. The minimum absolute atomic E-state index is 0.0518. The van der Waals surface area contributed by atoms with E-state index in [0.29, 0.717) is 5.56 Å². The monoisotopic (exact) mass is 262 g/mol. The Morgan fingerprint density at radius 2 is 2.11 bits per heavy atom. The summed E-state index contributed by atoms with van der Waals surface area (Å²) in [4.78, 5) is 29.0. The average Bonchev–Trinajstić information content (AvgIpc) is 2.46. The van der Waals surface area contributed by atoms with E-state index in [1.807, 2.05) is 4.90 Å². The van der Waals surface area contributed by atoms with Gasteiger partial charge in [0.15, 0.2) is 0 Å². The van der Waals surface area contributed by atoms with Crippen LogP contribution >= 0.6 is 0 Å². The highest BCUT2D eigenvalue weighted by molar-refractivity contribution is 5.97. The molecule has 1 aliphatic heterocycles. The van der Waals surface area contributed by atoms with Crippen molar-refractivity contribution in [2.45, 2.75) is 38.6 Å². The molecule has 2 heterocycles. The van der Waals surface area contributed by atoms with E-state index in [1.165, 1.54) is 18.5 Å². The van der Waals surface area contributed by atoms with Crippen LogP contribution in [0.25, 0.3) is 0 Å². The Bertz CT molecular complexity index is 487. The first-order valence-corrected chi connectivity index (χ1v) is 6.62. The summed E-state index contributed by atoms with van der Waals surface area (Å²) in [6.45, 7) is 2.82. The fourth-order valence-electron chi connectivity index (χ4n) is 2.53. The van der Waals surface area contributed by atoms with Crippen molar-refractivity contribution in [1.82, 2.24) is 9.88 Å². The minimum atomic E-state index is -1.06. The summed E-state index contributed by atoms with van der Waals surface area (Å²) in [7, 11) is 0. The van der Waals surface area contributed by atoms with E-state index in [2.05, 4.69) is 11.9 Å². The zero-order valence-corrected chi connectivity index (χ0v) is 11.0. The summed E-state index contributed by atoms with van der Waals surface area (Å²) in [5.74, 6) is -1.17. The third kappa shape index (κ3) is 2.92. The van der Waals surface area contributed by atoms with Gasteiger partial charge in [-0.2, -0.15) is 0 Å². The van der Waals surface area contributed by atoms with Crippen molar-refractivity contribution in [1.29, 1.82) is 0 Å². The molecule has 1 saturated heterocycles. The molecule has 0 radical (unpaired) electrons. The Hall–Kier alpha value is -1.91. The van der Waals surface area contributed by atoms with Gasteiger partial charge < -0.3 is 10.0 Å². The fraction of sp³-hybridized carbons (Fsp3) is 0.500. The van der Waals surface area contributed by atoms with Crippen molar-refractivity contribution in [2.24, 2.45) is 0 Å². The first kappa shape index (κ1) is 13.5. The molecule has 0 saturated carbocycles. The first-order chi connectivity index (χ1) is 9.13. The molecule has 1 aliphatic rings. The number of carbonyl (C=O) groups is 2. The predicted molar refractivity (Wildman–Crippen MR) is 70.2 cm³/mol. The molecule has 1 aromatic rings. The topological polar surface area (TPSA) is 70.5 Å². The van der Waals surface area contributed by atoms with Crippen LogP contribution in [0.15, 0.2) is 18.5 Å². The molecule has 1 unspecified atom stereocenters. The third-order valence-corrected chi connectivity index (χ3v) is 3.59. The lowest BCUT2D eigenvalue weighted by molar-refractivity contribution is 0.0607. The van der Waals surface area contributed by atoms with Gasteiger partial charge in [-0.1, -0.05) is 6.92 Å². The summed E-state index contributed by atoms with van der Waals surface area (Å²) in [5.41, 5.74) is 0.413. The maximum absolute atomic E-state index is 12.4. The lowest BCUT2D eigenvalue weighted by Gasteiger charge is -2.35. The van der Waals surface area contributed by atoms with Crippen molar-refractivity contribution in [3.05, 3.63) is 29.6 Å². The number of hydrogen-bond acceptors (Lipinski definition) is 3. The second kappa shape index (κ2) is 5.82.